The Hall–Kier alpha value is -1.66. The van der Waals surface area contributed by atoms with Gasteiger partial charge < -0.3 is 20.3 Å². The van der Waals surface area contributed by atoms with Crippen LogP contribution in [0, 0.1) is 0 Å². The largest absolute Gasteiger partial charge is 0.466 e. The number of unbranched alkanes of at least 4 members (excludes halogenated alkanes) is 36. The Morgan fingerprint density at radius 1 is 0.450 bits per heavy atom. The molecule has 1 amide bonds. The zero-order valence-electron chi connectivity index (χ0n) is 40.2. The van der Waals surface area contributed by atoms with Crippen molar-refractivity contribution >= 4 is 11.9 Å². The average Bonchev–Trinajstić information content (AvgIpc) is 3.25. The Kier molecular flexibility index (Phi) is 48.6. The molecule has 0 heterocycles. The number of nitrogens with one attached hydrogen (secondary N) is 1. The second kappa shape index (κ2) is 50.0. The van der Waals surface area contributed by atoms with Crippen molar-refractivity contribution in [3.8, 4) is 0 Å². The average molecular weight is 846 g/mol. The number of amides is 1. The Morgan fingerprint density at radius 3 is 1.20 bits per heavy atom. The second-order valence-electron chi connectivity index (χ2n) is 18.2. The molecule has 0 aliphatic carbocycles. The number of hydrogen-bond acceptors (Lipinski definition) is 5. The van der Waals surface area contributed by atoms with Crippen LogP contribution in [0.1, 0.15) is 284 Å². The molecular weight excluding hydrogens is 743 g/mol. The summed E-state index contributed by atoms with van der Waals surface area (Å²) >= 11 is 0. The van der Waals surface area contributed by atoms with Gasteiger partial charge in [-0.1, -0.05) is 237 Å². The van der Waals surface area contributed by atoms with Gasteiger partial charge >= 0.3 is 5.97 Å². The third kappa shape index (κ3) is 45.9. The van der Waals surface area contributed by atoms with E-state index in [1.165, 1.54) is 199 Å². The molecule has 6 heteroatoms. The zero-order valence-corrected chi connectivity index (χ0v) is 40.2. The molecule has 0 rings (SSSR count). The highest BCUT2D eigenvalue weighted by molar-refractivity contribution is 5.76. The summed E-state index contributed by atoms with van der Waals surface area (Å²) in [4.78, 5) is 24.5. The van der Waals surface area contributed by atoms with E-state index in [1.54, 1.807) is 6.08 Å². The van der Waals surface area contributed by atoms with Crippen LogP contribution >= 0.6 is 0 Å². The van der Waals surface area contributed by atoms with Gasteiger partial charge in [0.2, 0.25) is 5.91 Å². The topological polar surface area (TPSA) is 95.9 Å². The van der Waals surface area contributed by atoms with Crippen molar-refractivity contribution in [2.45, 2.75) is 296 Å². The normalized spacial score (nSPS) is 12.8. The predicted molar refractivity (Wildman–Crippen MR) is 260 cm³/mol. The summed E-state index contributed by atoms with van der Waals surface area (Å²) in [6, 6.07) is -0.637. The maximum Gasteiger partial charge on any atom is 0.305 e. The second-order valence-corrected chi connectivity index (χ2v) is 18.2. The Bertz CT molecular complexity index is 935. The van der Waals surface area contributed by atoms with Crippen molar-refractivity contribution < 1.29 is 24.5 Å². The van der Waals surface area contributed by atoms with Gasteiger partial charge in [-0.25, -0.2) is 0 Å². The number of esters is 1. The fourth-order valence-corrected chi connectivity index (χ4v) is 8.10. The quantitative estimate of drug-likeness (QED) is 0.0322. The highest BCUT2D eigenvalue weighted by Gasteiger charge is 2.18. The predicted octanol–water partition coefficient (Wildman–Crippen LogP) is 15.9. The minimum Gasteiger partial charge on any atom is -0.466 e. The van der Waals surface area contributed by atoms with Crippen LogP contribution in [0.15, 0.2) is 24.3 Å². The van der Waals surface area contributed by atoms with Gasteiger partial charge in [-0.05, 0) is 57.8 Å². The molecule has 0 bridgehead atoms. The summed E-state index contributed by atoms with van der Waals surface area (Å²) in [5.74, 6) is -0.0961. The highest BCUT2D eigenvalue weighted by atomic mass is 16.5. The molecule has 0 saturated heterocycles. The fourth-order valence-electron chi connectivity index (χ4n) is 8.10. The van der Waals surface area contributed by atoms with E-state index in [-0.39, 0.29) is 18.5 Å². The molecule has 2 atom stereocenters. The van der Waals surface area contributed by atoms with Crippen LogP contribution in [0.4, 0.5) is 0 Å². The first kappa shape index (κ1) is 58.3. The van der Waals surface area contributed by atoms with E-state index in [1.807, 2.05) is 6.08 Å². The lowest BCUT2D eigenvalue weighted by atomic mass is 10.0. The third-order valence-electron chi connectivity index (χ3n) is 12.2. The van der Waals surface area contributed by atoms with E-state index in [2.05, 4.69) is 31.3 Å². The van der Waals surface area contributed by atoms with Crippen molar-refractivity contribution in [1.82, 2.24) is 5.32 Å². The lowest BCUT2D eigenvalue weighted by molar-refractivity contribution is -0.143. The molecule has 60 heavy (non-hydrogen) atoms. The maximum absolute atomic E-state index is 12.4. The van der Waals surface area contributed by atoms with E-state index in [0.29, 0.717) is 19.4 Å². The Labute approximate surface area is 373 Å². The van der Waals surface area contributed by atoms with E-state index in [4.69, 9.17) is 4.74 Å². The van der Waals surface area contributed by atoms with Crippen LogP contribution in [-0.4, -0.2) is 47.4 Å². The number of rotatable bonds is 49. The highest BCUT2D eigenvalue weighted by Crippen LogP contribution is 2.16. The van der Waals surface area contributed by atoms with Gasteiger partial charge in [0.05, 0.1) is 25.4 Å². The Morgan fingerprint density at radius 2 is 0.783 bits per heavy atom. The van der Waals surface area contributed by atoms with Gasteiger partial charge in [-0.2, -0.15) is 0 Å². The SMILES string of the molecule is CCCCCC/C=C\CCCCCCCC(=O)OCCCCCCCCCCCCCCCC(=O)NC(CO)C(O)/C=C/CCCCCCCCCCCCCCCCC. The first-order chi connectivity index (χ1) is 29.5. The van der Waals surface area contributed by atoms with Gasteiger partial charge in [0, 0.05) is 12.8 Å². The van der Waals surface area contributed by atoms with E-state index >= 15 is 0 Å². The molecule has 0 saturated carbocycles. The minimum absolute atomic E-state index is 0.0161. The smallest absolute Gasteiger partial charge is 0.305 e. The van der Waals surface area contributed by atoms with Crippen LogP contribution in [0.3, 0.4) is 0 Å². The van der Waals surface area contributed by atoms with E-state index < -0.39 is 12.1 Å². The minimum atomic E-state index is -0.853. The number of allylic oxidation sites excluding steroid dienone is 3. The number of carbonyl (C=O) groups excluding carboxylic acids is 2. The molecule has 2 unspecified atom stereocenters. The molecule has 0 fully saturated rings. The third-order valence-corrected chi connectivity index (χ3v) is 12.2. The zero-order chi connectivity index (χ0) is 43.7. The van der Waals surface area contributed by atoms with Gasteiger partial charge in [0.15, 0.2) is 0 Å². The summed E-state index contributed by atoms with van der Waals surface area (Å²) in [5.41, 5.74) is 0. The molecule has 6 nitrogen and oxygen atoms in total. The summed E-state index contributed by atoms with van der Waals surface area (Å²) in [6.45, 7) is 4.86. The summed E-state index contributed by atoms with van der Waals surface area (Å²) in [5, 5.41) is 23.1. The molecule has 0 aromatic heterocycles. The molecule has 3 N–H and O–H groups in total. The maximum atomic E-state index is 12.4. The standard InChI is InChI=1S/C54H103NO5/c1-3-5-7-9-11-13-15-17-18-19-20-23-26-30-34-38-42-46-52(57)51(50-56)55-53(58)47-43-39-35-31-27-24-21-25-29-33-37-41-45-49-60-54(59)48-44-40-36-32-28-22-16-14-12-10-8-6-4-2/h14,16,42,46,51-52,56-57H,3-13,15,17-41,43-45,47-50H2,1-2H3,(H,55,58)/b16-14-,46-42+. The van der Waals surface area contributed by atoms with Crippen LogP contribution < -0.4 is 5.32 Å². The first-order valence-electron chi connectivity index (χ1n) is 26.6. The lowest BCUT2D eigenvalue weighted by Gasteiger charge is -2.20. The van der Waals surface area contributed by atoms with Crippen molar-refractivity contribution in [3.63, 3.8) is 0 Å². The molecule has 0 aliphatic rings. The lowest BCUT2D eigenvalue weighted by Crippen LogP contribution is -2.45. The van der Waals surface area contributed by atoms with E-state index in [0.717, 1.165) is 57.8 Å². The molecular formula is C54H103NO5. The molecule has 0 aliphatic heterocycles. The molecule has 0 spiro atoms. The first-order valence-corrected chi connectivity index (χ1v) is 26.6. The van der Waals surface area contributed by atoms with Gasteiger partial charge in [0.1, 0.15) is 0 Å². The fraction of sp³-hybridized carbons (Fsp3) is 0.889. The monoisotopic (exact) mass is 846 g/mol. The summed E-state index contributed by atoms with van der Waals surface area (Å²) < 4.78 is 5.45. The summed E-state index contributed by atoms with van der Waals surface area (Å²) in [6.07, 6.45) is 58.9. The number of aliphatic hydroxyl groups excluding tert-OH is 2. The number of carbonyl (C=O) groups is 2. The van der Waals surface area contributed by atoms with Gasteiger partial charge in [0.25, 0.3) is 0 Å². The van der Waals surface area contributed by atoms with Crippen molar-refractivity contribution in [3.05, 3.63) is 24.3 Å². The molecule has 0 radical (unpaired) electrons. The summed E-state index contributed by atoms with van der Waals surface area (Å²) in [7, 11) is 0. The van der Waals surface area contributed by atoms with Crippen molar-refractivity contribution in [2.24, 2.45) is 0 Å². The molecule has 0 aromatic carbocycles. The number of aliphatic hydroxyl groups is 2. The van der Waals surface area contributed by atoms with Crippen LogP contribution in [-0.2, 0) is 14.3 Å². The number of hydrogen-bond donors (Lipinski definition) is 3. The van der Waals surface area contributed by atoms with Crippen molar-refractivity contribution in [2.75, 3.05) is 13.2 Å². The Balaban J connectivity index is 3.50. The molecule has 354 valence electrons. The van der Waals surface area contributed by atoms with E-state index in [9.17, 15) is 19.8 Å². The number of ether oxygens (including phenoxy) is 1. The van der Waals surface area contributed by atoms with Gasteiger partial charge in [-0.3, -0.25) is 9.59 Å². The van der Waals surface area contributed by atoms with Gasteiger partial charge in [-0.15, -0.1) is 0 Å². The molecule has 0 aromatic rings. The van der Waals surface area contributed by atoms with Crippen molar-refractivity contribution in [1.29, 1.82) is 0 Å². The van der Waals surface area contributed by atoms with Crippen LogP contribution in [0.2, 0.25) is 0 Å². The van der Waals surface area contributed by atoms with Crippen LogP contribution in [0.25, 0.3) is 0 Å². The van der Waals surface area contributed by atoms with Crippen LogP contribution in [0.5, 0.6) is 0 Å².